The lowest BCUT2D eigenvalue weighted by Crippen LogP contribution is -2.15. The van der Waals surface area contributed by atoms with Gasteiger partial charge in [0.25, 0.3) is 0 Å². The number of nitrogens with one attached hydrogen (secondary N) is 1. The molecule has 0 saturated carbocycles. The van der Waals surface area contributed by atoms with Gasteiger partial charge in [-0.05, 0) is 46.0 Å². The van der Waals surface area contributed by atoms with E-state index in [0.717, 1.165) is 23.2 Å². The molecule has 0 bridgehead atoms. The molecule has 0 atom stereocenters. The summed E-state index contributed by atoms with van der Waals surface area (Å²) in [5, 5.41) is 7.04. The van der Waals surface area contributed by atoms with Gasteiger partial charge in [-0.25, -0.2) is 0 Å². The van der Waals surface area contributed by atoms with Crippen molar-refractivity contribution in [1.82, 2.24) is 0 Å². The van der Waals surface area contributed by atoms with Gasteiger partial charge in [0.1, 0.15) is 0 Å². The van der Waals surface area contributed by atoms with Gasteiger partial charge in [-0.3, -0.25) is 4.79 Å². The zero-order chi connectivity index (χ0) is 15.2. The summed E-state index contributed by atoms with van der Waals surface area (Å²) < 4.78 is 0. The Kier molecular flexibility index (Phi) is 4.66. The molecule has 3 aromatic rings. The highest BCUT2D eigenvalue weighted by molar-refractivity contribution is 7.08. The van der Waals surface area contributed by atoms with E-state index in [1.165, 1.54) is 5.56 Å². The molecule has 0 aliphatic carbocycles. The predicted molar refractivity (Wildman–Crippen MR) is 92.3 cm³/mol. The van der Waals surface area contributed by atoms with E-state index in [1.807, 2.05) is 53.2 Å². The molecular formula is C19H17NOS. The fraction of sp³-hybridized carbons (Fsp3) is 0.105. The monoisotopic (exact) mass is 307 g/mol. The average molecular weight is 307 g/mol. The molecule has 110 valence electrons. The minimum absolute atomic E-state index is 0.0268. The van der Waals surface area contributed by atoms with Crippen molar-refractivity contribution in [1.29, 1.82) is 0 Å². The topological polar surface area (TPSA) is 29.1 Å². The average Bonchev–Trinajstić information content (AvgIpc) is 3.03. The summed E-state index contributed by atoms with van der Waals surface area (Å²) in [6.07, 6.45) is 1.24. The Hall–Kier alpha value is -2.39. The maximum atomic E-state index is 12.2. The zero-order valence-corrected chi connectivity index (χ0v) is 13.0. The number of hydrogen-bond acceptors (Lipinski definition) is 2. The SMILES string of the molecule is O=C(Cc1ccsc1)Nc1ccccc1Cc1ccccc1. The van der Waals surface area contributed by atoms with Gasteiger partial charge in [-0.15, -0.1) is 0 Å². The molecule has 0 saturated heterocycles. The van der Waals surface area contributed by atoms with E-state index in [-0.39, 0.29) is 5.91 Å². The van der Waals surface area contributed by atoms with Crippen molar-refractivity contribution >= 4 is 22.9 Å². The van der Waals surface area contributed by atoms with Crippen LogP contribution in [0.1, 0.15) is 16.7 Å². The summed E-state index contributed by atoms with van der Waals surface area (Å²) in [6.45, 7) is 0. The molecule has 2 nitrogen and oxygen atoms in total. The second-order valence-electron chi connectivity index (χ2n) is 5.18. The number of para-hydroxylation sites is 1. The number of carbonyl (C=O) groups is 1. The molecule has 0 radical (unpaired) electrons. The van der Waals surface area contributed by atoms with Gasteiger partial charge in [0.2, 0.25) is 5.91 Å². The highest BCUT2D eigenvalue weighted by Gasteiger charge is 2.08. The highest BCUT2D eigenvalue weighted by atomic mass is 32.1. The van der Waals surface area contributed by atoms with E-state index in [1.54, 1.807) is 11.3 Å². The molecule has 1 aromatic heterocycles. The first-order valence-corrected chi connectivity index (χ1v) is 8.18. The molecule has 1 amide bonds. The van der Waals surface area contributed by atoms with Crippen LogP contribution in [0.5, 0.6) is 0 Å². The fourth-order valence-electron chi connectivity index (χ4n) is 2.39. The summed E-state index contributed by atoms with van der Waals surface area (Å²) in [7, 11) is 0. The van der Waals surface area contributed by atoms with Crippen molar-refractivity contribution in [3.63, 3.8) is 0 Å². The summed E-state index contributed by atoms with van der Waals surface area (Å²) in [5.41, 5.74) is 4.32. The van der Waals surface area contributed by atoms with Crippen LogP contribution in [0, 0.1) is 0 Å². The first kappa shape index (κ1) is 14.5. The zero-order valence-electron chi connectivity index (χ0n) is 12.2. The Balaban J connectivity index is 1.72. The maximum Gasteiger partial charge on any atom is 0.228 e. The van der Waals surface area contributed by atoms with Crippen LogP contribution in [0.4, 0.5) is 5.69 Å². The molecule has 1 heterocycles. The lowest BCUT2D eigenvalue weighted by molar-refractivity contribution is -0.115. The van der Waals surface area contributed by atoms with Gasteiger partial charge in [0.05, 0.1) is 6.42 Å². The van der Waals surface area contributed by atoms with E-state index in [0.29, 0.717) is 6.42 Å². The minimum Gasteiger partial charge on any atom is -0.326 e. The van der Waals surface area contributed by atoms with Crippen LogP contribution in [0.2, 0.25) is 0 Å². The molecule has 2 aromatic carbocycles. The molecule has 22 heavy (non-hydrogen) atoms. The number of benzene rings is 2. The van der Waals surface area contributed by atoms with Gasteiger partial charge < -0.3 is 5.32 Å². The highest BCUT2D eigenvalue weighted by Crippen LogP contribution is 2.19. The molecule has 1 N–H and O–H groups in total. The van der Waals surface area contributed by atoms with E-state index >= 15 is 0 Å². The molecule has 3 rings (SSSR count). The van der Waals surface area contributed by atoms with Crippen LogP contribution >= 0.6 is 11.3 Å². The third kappa shape index (κ3) is 3.83. The Morgan fingerprint density at radius 3 is 2.45 bits per heavy atom. The normalized spacial score (nSPS) is 10.4. The second kappa shape index (κ2) is 7.05. The Bertz CT molecular complexity index is 735. The quantitative estimate of drug-likeness (QED) is 0.737. The number of anilines is 1. The van der Waals surface area contributed by atoms with Gasteiger partial charge in [0, 0.05) is 5.69 Å². The van der Waals surface area contributed by atoms with Crippen LogP contribution in [-0.2, 0) is 17.6 Å². The predicted octanol–water partition coefficient (Wildman–Crippen LogP) is 4.52. The smallest absolute Gasteiger partial charge is 0.228 e. The van der Waals surface area contributed by atoms with Crippen LogP contribution in [0.3, 0.4) is 0 Å². The fourth-order valence-corrected chi connectivity index (χ4v) is 3.05. The lowest BCUT2D eigenvalue weighted by atomic mass is 10.0. The Morgan fingerprint density at radius 1 is 0.909 bits per heavy atom. The lowest BCUT2D eigenvalue weighted by Gasteiger charge is -2.11. The van der Waals surface area contributed by atoms with Crippen LogP contribution < -0.4 is 5.32 Å². The summed E-state index contributed by atoms with van der Waals surface area (Å²) in [6, 6.07) is 20.3. The van der Waals surface area contributed by atoms with Crippen molar-refractivity contribution in [3.8, 4) is 0 Å². The Morgan fingerprint density at radius 2 is 1.68 bits per heavy atom. The van der Waals surface area contributed by atoms with Crippen molar-refractivity contribution in [2.45, 2.75) is 12.8 Å². The van der Waals surface area contributed by atoms with Crippen LogP contribution in [0.15, 0.2) is 71.4 Å². The van der Waals surface area contributed by atoms with E-state index < -0.39 is 0 Å². The van der Waals surface area contributed by atoms with E-state index in [9.17, 15) is 4.79 Å². The third-order valence-electron chi connectivity index (χ3n) is 3.47. The van der Waals surface area contributed by atoms with Gasteiger partial charge in [0.15, 0.2) is 0 Å². The maximum absolute atomic E-state index is 12.2. The first-order valence-electron chi connectivity index (χ1n) is 7.24. The van der Waals surface area contributed by atoms with E-state index in [4.69, 9.17) is 0 Å². The van der Waals surface area contributed by atoms with Gasteiger partial charge in [-0.2, -0.15) is 11.3 Å². The third-order valence-corrected chi connectivity index (χ3v) is 4.21. The van der Waals surface area contributed by atoms with E-state index in [2.05, 4.69) is 23.5 Å². The van der Waals surface area contributed by atoms with Crippen LogP contribution in [0.25, 0.3) is 0 Å². The van der Waals surface area contributed by atoms with Gasteiger partial charge in [-0.1, -0.05) is 48.5 Å². The van der Waals surface area contributed by atoms with Gasteiger partial charge >= 0.3 is 0 Å². The summed E-state index contributed by atoms with van der Waals surface area (Å²) in [4.78, 5) is 12.2. The molecule has 0 aliphatic rings. The van der Waals surface area contributed by atoms with Crippen molar-refractivity contribution in [2.75, 3.05) is 5.32 Å². The molecule has 0 fully saturated rings. The van der Waals surface area contributed by atoms with Crippen molar-refractivity contribution in [2.24, 2.45) is 0 Å². The molecule has 0 spiro atoms. The standard InChI is InChI=1S/C19H17NOS/c21-19(13-16-10-11-22-14-16)20-18-9-5-4-8-17(18)12-15-6-2-1-3-7-15/h1-11,14H,12-13H2,(H,20,21). The number of hydrogen-bond donors (Lipinski definition) is 1. The number of amides is 1. The summed E-state index contributed by atoms with van der Waals surface area (Å²) >= 11 is 1.61. The molecule has 3 heteroatoms. The van der Waals surface area contributed by atoms with Crippen molar-refractivity contribution in [3.05, 3.63) is 88.1 Å². The number of carbonyl (C=O) groups excluding carboxylic acids is 1. The second-order valence-corrected chi connectivity index (χ2v) is 5.96. The molecular weight excluding hydrogens is 290 g/mol. The number of thiophene rings is 1. The summed E-state index contributed by atoms with van der Waals surface area (Å²) in [5.74, 6) is 0.0268. The largest absolute Gasteiger partial charge is 0.326 e. The first-order chi connectivity index (χ1) is 10.8. The number of rotatable bonds is 5. The Labute approximate surface area is 134 Å². The minimum atomic E-state index is 0.0268. The van der Waals surface area contributed by atoms with Crippen LogP contribution in [-0.4, -0.2) is 5.91 Å². The molecule has 0 unspecified atom stereocenters. The van der Waals surface area contributed by atoms with Crippen molar-refractivity contribution < 1.29 is 4.79 Å². The molecule has 0 aliphatic heterocycles.